The lowest BCUT2D eigenvalue weighted by Gasteiger charge is -2.31. The number of rotatable bonds is 6. The second kappa shape index (κ2) is 10.7. The molecule has 160 valence electrons. The van der Waals surface area contributed by atoms with Crippen molar-refractivity contribution in [2.45, 2.75) is 12.8 Å². The molecule has 5 N–H and O–H groups in total. The predicted molar refractivity (Wildman–Crippen MR) is 116 cm³/mol. The second-order valence-electron chi connectivity index (χ2n) is 6.43. The van der Waals surface area contributed by atoms with Crippen LogP contribution in [0.1, 0.15) is 12.8 Å². The van der Waals surface area contributed by atoms with Gasteiger partial charge < -0.3 is 30.9 Å². The van der Waals surface area contributed by atoms with Gasteiger partial charge in [0.15, 0.2) is 11.5 Å². The Hall–Kier alpha value is -2.78. The van der Waals surface area contributed by atoms with Crippen molar-refractivity contribution < 1.29 is 19.7 Å². The van der Waals surface area contributed by atoms with E-state index in [1.165, 1.54) is 0 Å². The number of hydrogen-bond donors (Lipinski definition) is 2. The molecule has 1 amide bonds. The lowest BCUT2D eigenvalue weighted by molar-refractivity contribution is -0.125. The number of fused-ring (bicyclic) bond motifs is 1. The third-order valence-corrected chi connectivity index (χ3v) is 4.79. The fourth-order valence-electron chi connectivity index (χ4n) is 3.27. The number of methoxy groups -OCH3 is 2. The van der Waals surface area contributed by atoms with Gasteiger partial charge in [0.2, 0.25) is 11.9 Å². The summed E-state index contributed by atoms with van der Waals surface area (Å²) in [4.78, 5) is 23.3. The number of carbonyl (C=O) groups is 1. The number of nitrogens with zero attached hydrogens (tertiary/aromatic N) is 3. The molecule has 1 aromatic carbocycles. The molecule has 3 rings (SSSR count). The predicted octanol–water partition coefficient (Wildman–Crippen LogP) is 1.34. The van der Waals surface area contributed by atoms with Crippen LogP contribution in [-0.2, 0) is 4.79 Å². The highest BCUT2D eigenvalue weighted by molar-refractivity contribution is 5.91. The molecule has 29 heavy (non-hydrogen) atoms. The van der Waals surface area contributed by atoms with Crippen LogP contribution < -0.4 is 25.4 Å². The smallest absolute Gasteiger partial charge is 0.227 e. The summed E-state index contributed by atoms with van der Waals surface area (Å²) < 4.78 is 10.7. The first-order chi connectivity index (χ1) is 13.1. The highest BCUT2D eigenvalue weighted by Gasteiger charge is 2.26. The number of halogens is 1. The maximum absolute atomic E-state index is 12.1. The fraction of sp³-hybridized carbons (Fsp3) is 0.421. The molecule has 0 aliphatic carbocycles. The number of benzene rings is 1. The van der Waals surface area contributed by atoms with Crippen LogP contribution in [-0.4, -0.2) is 55.2 Å². The van der Waals surface area contributed by atoms with E-state index in [4.69, 9.17) is 15.2 Å². The van der Waals surface area contributed by atoms with E-state index < -0.39 is 0 Å². The van der Waals surface area contributed by atoms with Crippen LogP contribution in [0.4, 0.5) is 11.8 Å². The SMILES string of the molecule is C=CCNC(=O)C1CCN(c2nc(N)c3cc(OC)c(OC)cc3n2)CC1.Cl.O. The standard InChI is InChI=1S/C19H25N5O3.ClH.H2O/c1-4-7-21-18(25)12-5-8-24(9-6-12)19-22-14-11-16(27-3)15(26-2)10-13(14)17(20)23-19;;/h4,10-12H,1,5-9H2,2-3H3,(H,21,25)(H2,20,22,23);1H;1H2. The monoisotopic (exact) mass is 425 g/mol. The van der Waals surface area contributed by atoms with E-state index in [1.807, 2.05) is 0 Å². The van der Waals surface area contributed by atoms with Crippen molar-refractivity contribution in [3.8, 4) is 11.5 Å². The Morgan fingerprint density at radius 2 is 1.90 bits per heavy atom. The first-order valence-corrected chi connectivity index (χ1v) is 8.90. The molecule has 0 radical (unpaired) electrons. The number of aromatic nitrogens is 2. The molecule has 2 heterocycles. The van der Waals surface area contributed by atoms with Crippen LogP contribution >= 0.6 is 12.4 Å². The zero-order valence-electron chi connectivity index (χ0n) is 16.6. The van der Waals surface area contributed by atoms with Gasteiger partial charge >= 0.3 is 0 Å². The van der Waals surface area contributed by atoms with Gasteiger partial charge in [0.05, 0.1) is 19.7 Å². The molecule has 1 aromatic heterocycles. The molecule has 2 aromatic rings. The zero-order chi connectivity index (χ0) is 19.4. The number of ether oxygens (including phenoxy) is 2. The lowest BCUT2D eigenvalue weighted by Crippen LogP contribution is -2.41. The Labute approximate surface area is 176 Å². The van der Waals surface area contributed by atoms with Gasteiger partial charge in [-0.25, -0.2) is 4.98 Å². The molecule has 0 bridgehead atoms. The number of nitrogen functional groups attached to an aromatic ring is 1. The van der Waals surface area contributed by atoms with E-state index in [1.54, 1.807) is 32.4 Å². The summed E-state index contributed by atoms with van der Waals surface area (Å²) in [6.07, 6.45) is 3.18. The van der Waals surface area contributed by atoms with Gasteiger partial charge in [-0.15, -0.1) is 19.0 Å². The molecule has 0 unspecified atom stereocenters. The largest absolute Gasteiger partial charge is 0.493 e. The Morgan fingerprint density at radius 1 is 1.28 bits per heavy atom. The van der Waals surface area contributed by atoms with E-state index in [9.17, 15) is 4.79 Å². The number of anilines is 2. The zero-order valence-corrected chi connectivity index (χ0v) is 17.4. The minimum absolute atomic E-state index is 0. The number of nitrogens with two attached hydrogens (primary N) is 1. The first kappa shape index (κ1) is 24.3. The van der Waals surface area contributed by atoms with Crippen LogP contribution in [0.3, 0.4) is 0 Å². The van der Waals surface area contributed by atoms with Crippen molar-refractivity contribution in [1.82, 2.24) is 15.3 Å². The molecule has 0 spiro atoms. The van der Waals surface area contributed by atoms with Gasteiger partial charge in [0.1, 0.15) is 5.82 Å². The lowest BCUT2D eigenvalue weighted by atomic mass is 9.96. The summed E-state index contributed by atoms with van der Waals surface area (Å²) in [5.74, 6) is 2.21. The summed E-state index contributed by atoms with van der Waals surface area (Å²) in [7, 11) is 3.15. The summed E-state index contributed by atoms with van der Waals surface area (Å²) >= 11 is 0. The summed E-state index contributed by atoms with van der Waals surface area (Å²) in [6, 6.07) is 3.58. The molecule has 0 atom stereocenters. The summed E-state index contributed by atoms with van der Waals surface area (Å²) in [5.41, 5.74) is 6.86. The quantitative estimate of drug-likeness (QED) is 0.667. The number of carbonyl (C=O) groups excluding carboxylic acids is 1. The van der Waals surface area contributed by atoms with Crippen molar-refractivity contribution in [1.29, 1.82) is 0 Å². The Kier molecular flexibility index (Phi) is 8.93. The molecular weight excluding hydrogens is 398 g/mol. The minimum atomic E-state index is 0. The van der Waals surface area contributed by atoms with Crippen LogP contribution in [0.25, 0.3) is 10.9 Å². The minimum Gasteiger partial charge on any atom is -0.493 e. The van der Waals surface area contributed by atoms with Crippen molar-refractivity contribution in [2.75, 3.05) is 44.5 Å². The van der Waals surface area contributed by atoms with E-state index >= 15 is 0 Å². The number of amides is 1. The van der Waals surface area contributed by atoms with E-state index in [0.717, 1.165) is 18.2 Å². The molecule has 10 heteroatoms. The normalized spacial score (nSPS) is 13.8. The van der Waals surface area contributed by atoms with Crippen LogP contribution in [0, 0.1) is 5.92 Å². The number of nitrogens with one attached hydrogen (secondary N) is 1. The molecule has 1 aliphatic rings. The van der Waals surface area contributed by atoms with Gasteiger partial charge in [0.25, 0.3) is 0 Å². The van der Waals surface area contributed by atoms with Crippen molar-refractivity contribution in [2.24, 2.45) is 5.92 Å². The molecule has 1 saturated heterocycles. The van der Waals surface area contributed by atoms with Gasteiger partial charge in [-0.05, 0) is 18.9 Å². The van der Waals surface area contributed by atoms with Crippen molar-refractivity contribution >= 4 is 41.0 Å². The Balaban J connectivity index is 0.00000210. The number of hydrogen-bond acceptors (Lipinski definition) is 7. The fourth-order valence-corrected chi connectivity index (χ4v) is 3.27. The summed E-state index contributed by atoms with van der Waals surface area (Å²) in [6.45, 7) is 5.51. The average molecular weight is 426 g/mol. The average Bonchev–Trinajstić information content (AvgIpc) is 2.71. The van der Waals surface area contributed by atoms with E-state index in [0.29, 0.717) is 48.4 Å². The topological polar surface area (TPSA) is 134 Å². The molecule has 1 fully saturated rings. The van der Waals surface area contributed by atoms with E-state index in [2.05, 4.69) is 26.8 Å². The van der Waals surface area contributed by atoms with Crippen molar-refractivity contribution in [3.63, 3.8) is 0 Å². The maximum atomic E-state index is 12.1. The molecule has 1 aliphatic heterocycles. The van der Waals surface area contributed by atoms with Crippen LogP contribution in [0.5, 0.6) is 11.5 Å². The van der Waals surface area contributed by atoms with Crippen LogP contribution in [0.15, 0.2) is 24.8 Å². The first-order valence-electron chi connectivity index (χ1n) is 8.90. The summed E-state index contributed by atoms with van der Waals surface area (Å²) in [5, 5.41) is 3.58. The van der Waals surface area contributed by atoms with E-state index in [-0.39, 0.29) is 29.7 Å². The third kappa shape index (κ3) is 5.18. The Morgan fingerprint density at radius 3 is 2.48 bits per heavy atom. The highest BCUT2D eigenvalue weighted by Crippen LogP contribution is 2.34. The molecular formula is C19H28ClN5O4. The second-order valence-corrected chi connectivity index (χ2v) is 6.43. The van der Waals surface area contributed by atoms with Crippen LogP contribution in [0.2, 0.25) is 0 Å². The van der Waals surface area contributed by atoms with Gasteiger partial charge in [-0.1, -0.05) is 6.08 Å². The maximum Gasteiger partial charge on any atom is 0.227 e. The molecule has 9 nitrogen and oxygen atoms in total. The van der Waals surface area contributed by atoms with Crippen molar-refractivity contribution in [3.05, 3.63) is 24.8 Å². The highest BCUT2D eigenvalue weighted by atomic mass is 35.5. The van der Waals surface area contributed by atoms with Gasteiger partial charge in [-0.3, -0.25) is 4.79 Å². The van der Waals surface area contributed by atoms with Gasteiger partial charge in [-0.2, -0.15) is 4.98 Å². The van der Waals surface area contributed by atoms with Gasteiger partial charge in [0, 0.05) is 37.0 Å². The number of piperidine rings is 1. The molecule has 0 saturated carbocycles. The third-order valence-electron chi connectivity index (χ3n) is 4.79. The Bertz CT molecular complexity index is 856.